The zero-order valence-electron chi connectivity index (χ0n) is 10.8. The van der Waals surface area contributed by atoms with E-state index in [0.29, 0.717) is 24.3 Å². The van der Waals surface area contributed by atoms with Crippen molar-refractivity contribution >= 4 is 0 Å². The Morgan fingerprint density at radius 2 is 1.38 bits per heavy atom. The van der Waals surface area contributed by atoms with E-state index in [-0.39, 0.29) is 12.1 Å². The molecule has 0 aromatic heterocycles. The minimum Gasteiger partial charge on any atom is -0.326 e. The maximum absolute atomic E-state index is 14.3. The molecule has 21 heavy (non-hydrogen) atoms. The van der Waals surface area contributed by atoms with Crippen molar-refractivity contribution in [2.24, 2.45) is 5.73 Å². The van der Waals surface area contributed by atoms with Crippen LogP contribution in [0.1, 0.15) is 16.7 Å². The molecule has 1 nitrogen and oxygen atoms in total. The van der Waals surface area contributed by atoms with Crippen LogP contribution in [-0.2, 0) is 18.4 Å². The third-order valence-corrected chi connectivity index (χ3v) is 3.18. The van der Waals surface area contributed by atoms with Crippen LogP contribution >= 0.6 is 0 Å². The topological polar surface area (TPSA) is 26.0 Å². The third kappa shape index (κ3) is 2.63. The van der Waals surface area contributed by atoms with Gasteiger partial charge in [0, 0.05) is 17.7 Å². The molecule has 0 unspecified atom stereocenters. The molecule has 0 amide bonds. The van der Waals surface area contributed by atoms with E-state index < -0.39 is 28.8 Å². The summed E-state index contributed by atoms with van der Waals surface area (Å²) in [5.41, 5.74) is 3.47. The normalized spacial score (nSPS) is 12.5. The minimum absolute atomic E-state index is 0.0655. The summed E-state index contributed by atoms with van der Waals surface area (Å²) < 4.78 is 69.6. The first-order chi connectivity index (χ1) is 9.80. The second kappa shape index (κ2) is 5.44. The van der Waals surface area contributed by atoms with Crippen LogP contribution in [-0.4, -0.2) is 0 Å². The predicted molar refractivity (Wildman–Crippen MR) is 68.5 cm³/mol. The Kier molecular flexibility index (Phi) is 4.00. The molecular weight excluding hydrogens is 289 g/mol. The number of rotatable bonds is 4. The smallest absolute Gasteiger partial charge is 0.326 e. The Labute approximate surface area is 118 Å². The highest BCUT2D eigenvalue weighted by atomic mass is 19.3. The van der Waals surface area contributed by atoms with Crippen LogP contribution in [0, 0.1) is 5.82 Å². The fourth-order valence-electron chi connectivity index (χ4n) is 2.01. The molecule has 6 heteroatoms. The average Bonchev–Trinajstić information content (AvgIpc) is 2.47. The summed E-state index contributed by atoms with van der Waals surface area (Å²) in [4.78, 5) is 0. The Bertz CT molecular complexity index is 622. The lowest BCUT2D eigenvalue weighted by molar-refractivity contribution is -0.224. The number of halogens is 5. The summed E-state index contributed by atoms with van der Waals surface area (Å²) >= 11 is 0. The van der Waals surface area contributed by atoms with Crippen molar-refractivity contribution in [3.05, 3.63) is 71.0 Å². The molecule has 112 valence electrons. The lowest BCUT2D eigenvalue weighted by Crippen LogP contribution is -2.36. The fraction of sp³-hybridized carbons (Fsp3) is 0.200. The van der Waals surface area contributed by atoms with Crippen molar-refractivity contribution in [3.8, 4) is 0 Å². The first-order valence-corrected chi connectivity index (χ1v) is 6.11. The van der Waals surface area contributed by atoms with Crippen molar-refractivity contribution in [3.63, 3.8) is 0 Å². The van der Waals surface area contributed by atoms with Gasteiger partial charge in [-0.1, -0.05) is 24.3 Å². The van der Waals surface area contributed by atoms with E-state index in [0.717, 1.165) is 6.07 Å². The number of alkyl halides is 4. The van der Waals surface area contributed by atoms with E-state index >= 15 is 0 Å². The van der Waals surface area contributed by atoms with Gasteiger partial charge in [-0.3, -0.25) is 0 Å². The summed E-state index contributed by atoms with van der Waals surface area (Å²) in [6.45, 7) is -0.286. The highest BCUT2D eigenvalue weighted by molar-refractivity contribution is 5.35. The van der Waals surface area contributed by atoms with Crippen LogP contribution in [0.25, 0.3) is 0 Å². The van der Waals surface area contributed by atoms with Crippen LogP contribution in [0.4, 0.5) is 22.0 Å². The molecule has 0 saturated carbocycles. The molecule has 0 fully saturated rings. The van der Waals surface area contributed by atoms with Gasteiger partial charge in [0.15, 0.2) is 0 Å². The van der Waals surface area contributed by atoms with Gasteiger partial charge >= 0.3 is 11.8 Å². The van der Waals surface area contributed by atoms with E-state index in [2.05, 4.69) is 0 Å². The Morgan fingerprint density at radius 1 is 0.810 bits per heavy atom. The highest BCUT2D eigenvalue weighted by Crippen LogP contribution is 2.50. The molecule has 0 atom stereocenters. The molecule has 0 aliphatic heterocycles. The minimum atomic E-state index is -4.48. The summed E-state index contributed by atoms with van der Waals surface area (Å²) in [6.07, 6.45) is 0. The molecule has 2 aromatic carbocycles. The van der Waals surface area contributed by atoms with Crippen LogP contribution in [0.5, 0.6) is 0 Å². The third-order valence-electron chi connectivity index (χ3n) is 3.18. The lowest BCUT2D eigenvalue weighted by atomic mass is 9.92. The first-order valence-electron chi connectivity index (χ1n) is 6.11. The van der Waals surface area contributed by atoms with Gasteiger partial charge in [-0.25, -0.2) is 4.39 Å². The van der Waals surface area contributed by atoms with Gasteiger partial charge in [-0.15, -0.1) is 0 Å². The zero-order chi connectivity index (χ0) is 15.7. The molecular formula is C15H12F5N. The monoisotopic (exact) mass is 301 g/mol. The molecule has 2 rings (SSSR count). The molecule has 0 spiro atoms. The standard InChI is InChI=1S/C15H12F5N/c16-12-7-5-11(6-8-12)14(17,18)15(19,20)13-4-2-1-3-10(13)9-21/h1-8H,9,21H2. The fourth-order valence-corrected chi connectivity index (χ4v) is 2.01. The van der Waals surface area contributed by atoms with Gasteiger partial charge in [-0.05, 0) is 29.8 Å². The zero-order valence-corrected chi connectivity index (χ0v) is 10.8. The summed E-state index contributed by atoms with van der Waals surface area (Å²) in [5.74, 6) is -9.72. The van der Waals surface area contributed by atoms with E-state index in [9.17, 15) is 22.0 Å². The van der Waals surface area contributed by atoms with Crippen molar-refractivity contribution in [1.29, 1.82) is 0 Å². The van der Waals surface area contributed by atoms with E-state index in [1.165, 1.54) is 18.2 Å². The van der Waals surface area contributed by atoms with Crippen molar-refractivity contribution in [1.82, 2.24) is 0 Å². The Morgan fingerprint density at radius 3 is 1.95 bits per heavy atom. The maximum Gasteiger partial charge on any atom is 0.340 e. The number of hydrogen-bond donors (Lipinski definition) is 1. The number of benzene rings is 2. The van der Waals surface area contributed by atoms with Gasteiger partial charge < -0.3 is 5.73 Å². The largest absolute Gasteiger partial charge is 0.340 e. The SMILES string of the molecule is NCc1ccccc1C(F)(F)C(F)(F)c1ccc(F)cc1. The summed E-state index contributed by atoms with van der Waals surface area (Å²) in [6, 6.07) is 7.59. The van der Waals surface area contributed by atoms with Gasteiger partial charge in [0.25, 0.3) is 0 Å². The number of nitrogens with two attached hydrogens (primary N) is 1. The summed E-state index contributed by atoms with van der Waals surface area (Å²) in [7, 11) is 0. The molecule has 0 heterocycles. The molecule has 0 aliphatic carbocycles. The van der Waals surface area contributed by atoms with Crippen LogP contribution in [0.15, 0.2) is 48.5 Å². The molecule has 0 saturated heterocycles. The van der Waals surface area contributed by atoms with Crippen molar-refractivity contribution < 1.29 is 22.0 Å². The van der Waals surface area contributed by atoms with Gasteiger partial charge in [-0.2, -0.15) is 17.6 Å². The average molecular weight is 301 g/mol. The second-order valence-corrected chi connectivity index (χ2v) is 4.52. The van der Waals surface area contributed by atoms with Crippen molar-refractivity contribution in [2.45, 2.75) is 18.4 Å². The van der Waals surface area contributed by atoms with Crippen LogP contribution < -0.4 is 5.73 Å². The van der Waals surface area contributed by atoms with E-state index in [4.69, 9.17) is 5.73 Å². The van der Waals surface area contributed by atoms with Crippen molar-refractivity contribution in [2.75, 3.05) is 0 Å². The quantitative estimate of drug-likeness (QED) is 0.843. The lowest BCUT2D eigenvalue weighted by Gasteiger charge is -2.28. The maximum atomic E-state index is 14.3. The first kappa shape index (κ1) is 15.4. The number of hydrogen-bond acceptors (Lipinski definition) is 1. The van der Waals surface area contributed by atoms with Crippen LogP contribution in [0.3, 0.4) is 0 Å². The second-order valence-electron chi connectivity index (χ2n) is 4.52. The molecule has 0 aliphatic rings. The highest BCUT2D eigenvalue weighted by Gasteiger charge is 2.59. The van der Waals surface area contributed by atoms with Gasteiger partial charge in [0.05, 0.1) is 0 Å². The summed E-state index contributed by atoms with van der Waals surface area (Å²) in [5, 5.41) is 0. The van der Waals surface area contributed by atoms with E-state index in [1.807, 2.05) is 0 Å². The Balaban J connectivity index is 2.53. The van der Waals surface area contributed by atoms with Crippen LogP contribution in [0.2, 0.25) is 0 Å². The predicted octanol–water partition coefficient (Wildman–Crippen LogP) is 4.17. The Hall–Kier alpha value is -1.95. The van der Waals surface area contributed by atoms with E-state index in [1.54, 1.807) is 0 Å². The molecule has 0 radical (unpaired) electrons. The molecule has 2 aromatic rings. The molecule has 2 N–H and O–H groups in total. The van der Waals surface area contributed by atoms with Gasteiger partial charge in [0.1, 0.15) is 5.82 Å². The molecule has 0 bridgehead atoms. The van der Waals surface area contributed by atoms with Gasteiger partial charge in [0.2, 0.25) is 0 Å².